The summed E-state index contributed by atoms with van der Waals surface area (Å²) >= 11 is 0. The predicted octanol–water partition coefficient (Wildman–Crippen LogP) is 14.9. The van der Waals surface area contributed by atoms with Crippen LogP contribution in [0.4, 0.5) is 45.5 Å². The average molecular weight is 803 g/mol. The zero-order valence-corrected chi connectivity index (χ0v) is 33.8. The zero-order chi connectivity index (χ0) is 42.1. The van der Waals surface area contributed by atoms with Crippen molar-refractivity contribution in [2.75, 3.05) is 9.80 Å². The van der Waals surface area contributed by atoms with Crippen LogP contribution in [0.25, 0.3) is 22.3 Å². The Labute approximate surface area is 362 Å². The molecule has 0 saturated heterocycles. The fraction of sp³-hybridized carbons (Fsp3) is 0. The second-order valence-corrected chi connectivity index (χ2v) is 14.7. The molecule has 0 heterocycles. The summed E-state index contributed by atoms with van der Waals surface area (Å²) in [5, 5.41) is 22.2. The van der Waals surface area contributed by atoms with Crippen molar-refractivity contribution in [2.45, 2.75) is 0 Å². The van der Waals surface area contributed by atoms with Crippen molar-refractivity contribution in [1.82, 2.24) is 0 Å². The summed E-state index contributed by atoms with van der Waals surface area (Å²) in [7, 11) is 0. The molecule has 0 amide bonds. The fourth-order valence-corrected chi connectivity index (χ4v) is 7.43. The number of para-hydroxylation sites is 6. The Kier molecular flexibility index (Phi) is 11.4. The Balaban J connectivity index is 0.889. The van der Waals surface area contributed by atoms with Crippen molar-refractivity contribution < 1.29 is 10.2 Å². The van der Waals surface area contributed by atoms with Gasteiger partial charge in [0.25, 0.3) is 0 Å². The van der Waals surface area contributed by atoms with Gasteiger partial charge in [0.05, 0.1) is 11.4 Å². The monoisotopic (exact) mass is 802 g/mol. The second kappa shape index (κ2) is 18.2. The second-order valence-electron chi connectivity index (χ2n) is 14.7. The predicted molar refractivity (Wildman–Crippen MR) is 257 cm³/mol. The van der Waals surface area contributed by atoms with E-state index >= 15 is 0 Å². The van der Waals surface area contributed by atoms with E-state index in [4.69, 9.17) is 9.98 Å². The number of hydrogen-bond donors (Lipinski definition) is 2. The van der Waals surface area contributed by atoms with Crippen molar-refractivity contribution >= 4 is 57.9 Å². The lowest BCUT2D eigenvalue weighted by Crippen LogP contribution is -2.09. The molecule has 9 rings (SSSR count). The lowest BCUT2D eigenvalue weighted by Gasteiger charge is -2.25. The molecule has 9 aromatic carbocycles. The van der Waals surface area contributed by atoms with Crippen LogP contribution in [0.2, 0.25) is 0 Å². The number of aromatic hydroxyl groups is 2. The lowest BCUT2D eigenvalue weighted by atomic mass is 10.0. The van der Waals surface area contributed by atoms with E-state index in [0.717, 1.165) is 56.4 Å². The number of rotatable bonds is 12. The SMILES string of the molecule is Oc1cc(-c2ccc(N(c3ccccc3)c3ccccc3)cc2)ccc1C=Nc1ccccc1N=Cc1ccc(-c2ccc(N(c3ccccc3)c3ccccc3)cc2)cc1O. The molecule has 0 atom stereocenters. The summed E-state index contributed by atoms with van der Waals surface area (Å²) in [5.41, 5.74) is 12.5. The van der Waals surface area contributed by atoms with Crippen LogP contribution in [-0.2, 0) is 0 Å². The highest BCUT2D eigenvalue weighted by molar-refractivity contribution is 5.91. The number of benzene rings is 9. The molecule has 0 bridgehead atoms. The third-order valence-electron chi connectivity index (χ3n) is 10.6. The van der Waals surface area contributed by atoms with Gasteiger partial charge in [-0.15, -0.1) is 0 Å². The van der Waals surface area contributed by atoms with E-state index in [1.54, 1.807) is 24.6 Å². The summed E-state index contributed by atoms with van der Waals surface area (Å²) in [6, 6.07) is 76.6. The molecule has 6 heteroatoms. The third kappa shape index (κ3) is 8.76. The molecule has 0 spiro atoms. The highest BCUT2D eigenvalue weighted by Crippen LogP contribution is 2.38. The van der Waals surface area contributed by atoms with E-state index in [9.17, 15) is 10.2 Å². The lowest BCUT2D eigenvalue weighted by molar-refractivity contribution is 0.474. The van der Waals surface area contributed by atoms with Gasteiger partial charge in [0.1, 0.15) is 11.5 Å². The van der Waals surface area contributed by atoms with Gasteiger partial charge in [-0.1, -0.05) is 121 Å². The molecule has 0 aliphatic carbocycles. The Morgan fingerprint density at radius 2 is 0.565 bits per heavy atom. The van der Waals surface area contributed by atoms with Gasteiger partial charge in [-0.25, -0.2) is 0 Å². The van der Waals surface area contributed by atoms with Gasteiger partial charge < -0.3 is 20.0 Å². The maximum absolute atomic E-state index is 11.1. The van der Waals surface area contributed by atoms with Gasteiger partial charge in [0.2, 0.25) is 0 Å². The number of phenols is 2. The molecule has 0 saturated carbocycles. The average Bonchev–Trinajstić information content (AvgIpc) is 3.33. The molecule has 0 radical (unpaired) electrons. The molecule has 6 nitrogen and oxygen atoms in total. The van der Waals surface area contributed by atoms with E-state index in [1.165, 1.54) is 0 Å². The first kappa shape index (κ1) is 39.0. The normalized spacial score (nSPS) is 11.2. The maximum Gasteiger partial charge on any atom is 0.124 e. The van der Waals surface area contributed by atoms with E-state index in [2.05, 4.69) is 107 Å². The number of anilines is 6. The van der Waals surface area contributed by atoms with Crippen LogP contribution >= 0.6 is 0 Å². The molecular formula is C56H42N4O2. The van der Waals surface area contributed by atoms with Gasteiger partial charge in [-0.05, 0) is 131 Å². The summed E-state index contributed by atoms with van der Waals surface area (Å²) in [6.45, 7) is 0. The van der Waals surface area contributed by atoms with Gasteiger partial charge in [0.15, 0.2) is 0 Å². The summed E-state index contributed by atoms with van der Waals surface area (Å²) < 4.78 is 0. The minimum absolute atomic E-state index is 0.121. The first-order chi connectivity index (χ1) is 30.6. The number of hydrogen-bond acceptors (Lipinski definition) is 6. The van der Waals surface area contributed by atoms with Gasteiger partial charge in [0, 0.05) is 57.7 Å². The van der Waals surface area contributed by atoms with E-state index in [-0.39, 0.29) is 11.5 Å². The zero-order valence-electron chi connectivity index (χ0n) is 33.8. The van der Waals surface area contributed by atoms with Crippen molar-refractivity contribution in [3.63, 3.8) is 0 Å². The molecule has 0 aliphatic heterocycles. The largest absolute Gasteiger partial charge is 0.507 e. The van der Waals surface area contributed by atoms with Gasteiger partial charge >= 0.3 is 0 Å². The minimum Gasteiger partial charge on any atom is -0.507 e. The Morgan fingerprint density at radius 3 is 0.871 bits per heavy atom. The molecule has 9 aromatic rings. The van der Waals surface area contributed by atoms with Crippen LogP contribution in [-0.4, -0.2) is 22.6 Å². The van der Waals surface area contributed by atoms with Crippen LogP contribution in [0.5, 0.6) is 11.5 Å². The molecule has 0 aromatic heterocycles. The Morgan fingerprint density at radius 1 is 0.290 bits per heavy atom. The molecule has 298 valence electrons. The Hall–Kier alpha value is -8.48. The number of nitrogens with zero attached hydrogens (tertiary/aromatic N) is 4. The van der Waals surface area contributed by atoms with Crippen LogP contribution in [0.15, 0.2) is 241 Å². The third-order valence-corrected chi connectivity index (χ3v) is 10.6. The van der Waals surface area contributed by atoms with Crippen molar-refractivity contribution in [3.8, 4) is 33.8 Å². The standard InChI is InChI=1S/C56H42N4O2/c61-55-37-43(41-29-33-51(34-30-41)59(47-15-5-1-6-16-47)48-17-7-2-8-18-48)25-27-45(55)39-57-53-23-13-14-24-54(53)58-40-46-28-26-44(38-56(46)62)42-31-35-52(36-32-42)60(49-19-9-3-10-20-49)50-21-11-4-12-22-50/h1-40,61-62H. The number of phenolic OH excluding ortho intramolecular Hbond substituents is 2. The van der Waals surface area contributed by atoms with Crippen LogP contribution < -0.4 is 9.80 Å². The van der Waals surface area contributed by atoms with Crippen molar-refractivity contribution in [1.29, 1.82) is 0 Å². The topological polar surface area (TPSA) is 71.7 Å². The number of aliphatic imine (C=N–C) groups is 2. The molecular weight excluding hydrogens is 761 g/mol. The minimum atomic E-state index is 0.121. The quantitative estimate of drug-likeness (QED) is 0.121. The van der Waals surface area contributed by atoms with Gasteiger partial charge in [-0.2, -0.15) is 0 Å². The van der Waals surface area contributed by atoms with E-state index < -0.39 is 0 Å². The first-order valence-corrected chi connectivity index (χ1v) is 20.4. The molecule has 0 fully saturated rings. The molecule has 2 N–H and O–H groups in total. The van der Waals surface area contributed by atoms with Crippen LogP contribution in [0.1, 0.15) is 11.1 Å². The van der Waals surface area contributed by atoms with Crippen molar-refractivity contribution in [2.24, 2.45) is 9.98 Å². The summed E-state index contributed by atoms with van der Waals surface area (Å²) in [4.78, 5) is 13.8. The smallest absolute Gasteiger partial charge is 0.124 e. The Bertz CT molecular complexity index is 2670. The van der Waals surface area contributed by atoms with E-state index in [1.807, 2.05) is 121 Å². The summed E-state index contributed by atoms with van der Waals surface area (Å²) in [5.74, 6) is 0.242. The van der Waals surface area contributed by atoms with Crippen LogP contribution in [0, 0.1) is 0 Å². The van der Waals surface area contributed by atoms with E-state index in [0.29, 0.717) is 22.5 Å². The van der Waals surface area contributed by atoms with Crippen molar-refractivity contribution in [3.05, 3.63) is 242 Å². The molecule has 62 heavy (non-hydrogen) atoms. The molecule has 0 aliphatic rings. The summed E-state index contributed by atoms with van der Waals surface area (Å²) in [6.07, 6.45) is 3.29. The first-order valence-electron chi connectivity index (χ1n) is 20.4. The van der Waals surface area contributed by atoms with Crippen LogP contribution in [0.3, 0.4) is 0 Å². The maximum atomic E-state index is 11.1. The molecule has 0 unspecified atom stereocenters. The fourth-order valence-electron chi connectivity index (χ4n) is 7.43. The highest BCUT2D eigenvalue weighted by Gasteiger charge is 2.14. The van der Waals surface area contributed by atoms with Gasteiger partial charge in [-0.3, -0.25) is 9.98 Å². The highest BCUT2D eigenvalue weighted by atomic mass is 16.3.